The Bertz CT molecular complexity index is 456. The van der Waals surface area contributed by atoms with Crippen LogP contribution in [0.15, 0.2) is 6.20 Å². The van der Waals surface area contributed by atoms with Crippen LogP contribution in [0.25, 0.3) is 0 Å². The van der Waals surface area contributed by atoms with Gasteiger partial charge < -0.3 is 10.6 Å². The summed E-state index contributed by atoms with van der Waals surface area (Å²) in [5.41, 5.74) is -0.0460. The molecule has 1 heterocycles. The molecular formula is C15H25N3OS. The average molecular weight is 295 g/mol. The third-order valence-corrected chi connectivity index (χ3v) is 5.12. The van der Waals surface area contributed by atoms with E-state index in [4.69, 9.17) is 0 Å². The number of hydrogen-bond acceptors (Lipinski definition) is 4. The Morgan fingerprint density at radius 1 is 1.60 bits per heavy atom. The average Bonchev–Trinajstić information content (AvgIpc) is 2.86. The molecule has 2 atom stereocenters. The van der Waals surface area contributed by atoms with Crippen LogP contribution in [0.4, 0.5) is 0 Å². The molecule has 0 radical (unpaired) electrons. The number of thiazole rings is 1. The normalized spacial score (nSPS) is 26.4. The minimum atomic E-state index is -0.0460. The number of nitrogens with zero attached hydrogens (tertiary/aromatic N) is 1. The molecule has 2 unspecified atom stereocenters. The highest BCUT2D eigenvalue weighted by Gasteiger charge is 2.36. The van der Waals surface area contributed by atoms with Crippen LogP contribution in [0.2, 0.25) is 0 Å². The Hall–Kier alpha value is -0.940. The second kappa shape index (κ2) is 6.68. The molecule has 1 aromatic heterocycles. The quantitative estimate of drug-likeness (QED) is 0.878. The van der Waals surface area contributed by atoms with Gasteiger partial charge in [0.05, 0.1) is 11.2 Å². The van der Waals surface area contributed by atoms with Crippen molar-refractivity contribution >= 4 is 17.2 Å². The molecule has 1 saturated carbocycles. The van der Waals surface area contributed by atoms with E-state index in [0.29, 0.717) is 6.04 Å². The van der Waals surface area contributed by atoms with Gasteiger partial charge in [-0.3, -0.25) is 4.79 Å². The van der Waals surface area contributed by atoms with Crippen LogP contribution in [0, 0.1) is 6.92 Å². The van der Waals surface area contributed by atoms with E-state index in [1.54, 1.807) is 6.20 Å². The summed E-state index contributed by atoms with van der Waals surface area (Å²) in [7, 11) is 2.01. The molecular weight excluding hydrogens is 270 g/mol. The number of hydrogen-bond donors (Lipinski definition) is 2. The molecule has 1 amide bonds. The molecule has 2 rings (SSSR count). The molecule has 0 aliphatic heterocycles. The first kappa shape index (κ1) is 15.4. The van der Waals surface area contributed by atoms with Gasteiger partial charge in [-0.25, -0.2) is 4.98 Å². The molecule has 0 saturated heterocycles. The van der Waals surface area contributed by atoms with Gasteiger partial charge in [0.15, 0.2) is 0 Å². The van der Waals surface area contributed by atoms with Crippen LogP contribution in [0.1, 0.15) is 60.1 Å². The van der Waals surface area contributed by atoms with Crippen molar-refractivity contribution < 1.29 is 4.79 Å². The predicted molar refractivity (Wildman–Crippen MR) is 83.3 cm³/mol. The SMILES string of the molecule is CCCC1(NC(=O)c2cnc(C)s2)CCCC(NC)C1. The summed E-state index contributed by atoms with van der Waals surface area (Å²) >= 11 is 1.47. The Morgan fingerprint density at radius 2 is 2.40 bits per heavy atom. The van der Waals surface area contributed by atoms with Crippen molar-refractivity contribution in [2.24, 2.45) is 0 Å². The summed E-state index contributed by atoms with van der Waals surface area (Å²) in [4.78, 5) is 17.3. The number of rotatable bonds is 5. The first-order valence-corrected chi connectivity index (χ1v) is 8.32. The van der Waals surface area contributed by atoms with Gasteiger partial charge in [-0.2, -0.15) is 0 Å². The van der Waals surface area contributed by atoms with E-state index in [1.165, 1.54) is 24.2 Å². The molecule has 4 nitrogen and oxygen atoms in total. The first-order chi connectivity index (χ1) is 9.58. The molecule has 1 aromatic rings. The maximum absolute atomic E-state index is 12.4. The molecule has 5 heteroatoms. The molecule has 2 N–H and O–H groups in total. The highest BCUT2D eigenvalue weighted by atomic mass is 32.1. The van der Waals surface area contributed by atoms with Gasteiger partial charge in [0, 0.05) is 11.6 Å². The van der Waals surface area contributed by atoms with Crippen molar-refractivity contribution in [3.05, 3.63) is 16.1 Å². The number of aryl methyl sites for hydroxylation is 1. The molecule has 1 aliphatic carbocycles. The van der Waals surface area contributed by atoms with Crippen LogP contribution in [-0.4, -0.2) is 29.5 Å². The molecule has 20 heavy (non-hydrogen) atoms. The van der Waals surface area contributed by atoms with Crippen molar-refractivity contribution in [1.82, 2.24) is 15.6 Å². The van der Waals surface area contributed by atoms with E-state index in [-0.39, 0.29) is 11.4 Å². The molecule has 1 aliphatic rings. The predicted octanol–water partition coefficient (Wildman–Crippen LogP) is 2.88. The summed E-state index contributed by atoms with van der Waals surface area (Å²) in [5, 5.41) is 7.63. The summed E-state index contributed by atoms with van der Waals surface area (Å²) < 4.78 is 0. The fourth-order valence-corrected chi connectivity index (χ4v) is 3.93. The minimum absolute atomic E-state index is 0.0424. The van der Waals surface area contributed by atoms with Gasteiger partial charge in [-0.15, -0.1) is 11.3 Å². The fourth-order valence-electron chi connectivity index (χ4n) is 3.26. The second-order valence-electron chi connectivity index (χ2n) is 5.81. The third kappa shape index (κ3) is 3.58. The molecule has 0 spiro atoms. The van der Waals surface area contributed by atoms with E-state index in [2.05, 4.69) is 22.5 Å². The van der Waals surface area contributed by atoms with Crippen LogP contribution in [-0.2, 0) is 0 Å². The van der Waals surface area contributed by atoms with Crippen LogP contribution >= 0.6 is 11.3 Å². The zero-order chi connectivity index (χ0) is 14.6. The van der Waals surface area contributed by atoms with Crippen molar-refractivity contribution in [1.29, 1.82) is 0 Å². The second-order valence-corrected chi connectivity index (χ2v) is 7.04. The Labute approximate surface area is 125 Å². The van der Waals surface area contributed by atoms with Gasteiger partial charge in [0.2, 0.25) is 0 Å². The van der Waals surface area contributed by atoms with E-state index < -0.39 is 0 Å². The number of nitrogens with one attached hydrogen (secondary N) is 2. The molecule has 0 bridgehead atoms. The highest BCUT2D eigenvalue weighted by Crippen LogP contribution is 2.33. The maximum atomic E-state index is 12.4. The molecule has 1 fully saturated rings. The van der Waals surface area contributed by atoms with Crippen molar-refractivity contribution in [3.63, 3.8) is 0 Å². The van der Waals surface area contributed by atoms with E-state index in [9.17, 15) is 4.79 Å². The van der Waals surface area contributed by atoms with E-state index in [1.807, 2.05) is 14.0 Å². The summed E-state index contributed by atoms with van der Waals surface area (Å²) in [6.45, 7) is 4.12. The monoisotopic (exact) mass is 295 g/mol. The zero-order valence-corrected chi connectivity index (χ0v) is 13.5. The summed E-state index contributed by atoms with van der Waals surface area (Å²) in [6.07, 6.45) is 8.33. The van der Waals surface area contributed by atoms with E-state index >= 15 is 0 Å². The largest absolute Gasteiger partial charge is 0.346 e. The van der Waals surface area contributed by atoms with E-state index in [0.717, 1.165) is 35.6 Å². The van der Waals surface area contributed by atoms with Gasteiger partial charge in [-0.05, 0) is 46.1 Å². The lowest BCUT2D eigenvalue weighted by Crippen LogP contribution is -2.54. The topological polar surface area (TPSA) is 54.0 Å². The molecule has 0 aromatic carbocycles. The standard InChI is InChI=1S/C15H25N3OS/c1-4-7-15(8-5-6-12(9-15)16-3)18-14(19)13-10-17-11(2)20-13/h10,12,16H,4-9H2,1-3H3,(H,18,19). The Kier molecular flexibility index (Phi) is 5.16. The highest BCUT2D eigenvalue weighted by molar-refractivity contribution is 7.13. The minimum Gasteiger partial charge on any atom is -0.346 e. The van der Waals surface area contributed by atoms with Gasteiger partial charge in [0.1, 0.15) is 4.88 Å². The van der Waals surface area contributed by atoms with Gasteiger partial charge >= 0.3 is 0 Å². The number of aromatic nitrogens is 1. The summed E-state index contributed by atoms with van der Waals surface area (Å²) in [6, 6.07) is 0.513. The lowest BCUT2D eigenvalue weighted by molar-refractivity contribution is 0.0847. The van der Waals surface area contributed by atoms with Crippen molar-refractivity contribution in [2.75, 3.05) is 7.05 Å². The smallest absolute Gasteiger partial charge is 0.263 e. The first-order valence-electron chi connectivity index (χ1n) is 7.51. The summed E-state index contributed by atoms with van der Waals surface area (Å²) in [5.74, 6) is 0.0424. The number of carbonyl (C=O) groups excluding carboxylic acids is 1. The zero-order valence-electron chi connectivity index (χ0n) is 12.7. The lowest BCUT2D eigenvalue weighted by Gasteiger charge is -2.41. The number of amides is 1. The van der Waals surface area contributed by atoms with Crippen LogP contribution < -0.4 is 10.6 Å². The van der Waals surface area contributed by atoms with Gasteiger partial charge in [-0.1, -0.05) is 13.3 Å². The van der Waals surface area contributed by atoms with Crippen molar-refractivity contribution in [2.45, 2.75) is 64.0 Å². The Balaban J connectivity index is 2.10. The van der Waals surface area contributed by atoms with Crippen LogP contribution in [0.3, 0.4) is 0 Å². The van der Waals surface area contributed by atoms with Gasteiger partial charge in [0.25, 0.3) is 5.91 Å². The van der Waals surface area contributed by atoms with Crippen molar-refractivity contribution in [3.8, 4) is 0 Å². The lowest BCUT2D eigenvalue weighted by atomic mass is 9.76. The van der Waals surface area contributed by atoms with Crippen LogP contribution in [0.5, 0.6) is 0 Å². The maximum Gasteiger partial charge on any atom is 0.263 e. The number of carbonyl (C=O) groups is 1. The fraction of sp³-hybridized carbons (Fsp3) is 0.733. The third-order valence-electron chi connectivity index (χ3n) is 4.21. The molecule has 112 valence electrons. The Morgan fingerprint density at radius 3 is 3.00 bits per heavy atom.